The Morgan fingerprint density at radius 1 is 1.42 bits per heavy atom. The first kappa shape index (κ1) is 9.88. The van der Waals surface area contributed by atoms with Crippen LogP contribution in [0.2, 0.25) is 0 Å². The van der Waals surface area contributed by atoms with Crippen molar-refractivity contribution in [2.45, 2.75) is 24.6 Å². The fraction of sp³-hybridized carbons (Fsp3) is 1.00. The van der Waals surface area contributed by atoms with Crippen LogP contribution in [0.4, 0.5) is 0 Å². The highest BCUT2D eigenvalue weighted by atomic mass is 16.6. The monoisotopic (exact) mass is 177 g/mol. The zero-order valence-electron chi connectivity index (χ0n) is 7.10. The molecule has 0 aliphatic carbocycles. The summed E-state index contributed by atoms with van der Waals surface area (Å²) in [6, 6.07) is 0. The van der Waals surface area contributed by atoms with Crippen LogP contribution in [0.3, 0.4) is 0 Å². The van der Waals surface area contributed by atoms with Crippen molar-refractivity contribution < 1.29 is 24.4 Å². The zero-order chi connectivity index (χ0) is 9.14. The van der Waals surface area contributed by atoms with Gasteiger partial charge >= 0.3 is 0 Å². The Bertz CT molecular complexity index is 138. The van der Waals surface area contributed by atoms with Crippen LogP contribution in [0, 0.1) is 0 Å². The smallest absolute Gasteiger partial charge is 0.112 e. The van der Waals surface area contributed by atoms with Gasteiger partial charge in [0.15, 0.2) is 0 Å². The summed E-state index contributed by atoms with van der Waals surface area (Å²) in [7, 11) is 2.91. The molecule has 1 fully saturated rings. The SMILES string of the molecule is CO[C@H]1[C@@H](OC)COC([O-])[C@@H]1O. The zero-order valence-corrected chi connectivity index (χ0v) is 7.10. The molecule has 1 saturated heterocycles. The van der Waals surface area contributed by atoms with Gasteiger partial charge in [-0.2, -0.15) is 0 Å². The molecule has 0 spiro atoms. The van der Waals surface area contributed by atoms with Crippen LogP contribution in [0.5, 0.6) is 0 Å². The van der Waals surface area contributed by atoms with Gasteiger partial charge in [0.05, 0.1) is 12.7 Å². The van der Waals surface area contributed by atoms with Crippen molar-refractivity contribution in [1.29, 1.82) is 0 Å². The van der Waals surface area contributed by atoms with Gasteiger partial charge in [0, 0.05) is 20.5 Å². The summed E-state index contributed by atoms with van der Waals surface area (Å²) in [5, 5.41) is 20.2. The van der Waals surface area contributed by atoms with Gasteiger partial charge in [0.1, 0.15) is 12.2 Å². The lowest BCUT2D eigenvalue weighted by Crippen LogP contribution is -2.58. The van der Waals surface area contributed by atoms with E-state index in [1.54, 1.807) is 0 Å². The highest BCUT2D eigenvalue weighted by Crippen LogP contribution is 2.16. The average Bonchev–Trinajstić information content (AvgIpc) is 2.09. The van der Waals surface area contributed by atoms with Crippen LogP contribution in [-0.4, -0.2) is 50.5 Å². The van der Waals surface area contributed by atoms with Crippen molar-refractivity contribution in [2.24, 2.45) is 0 Å². The molecule has 5 heteroatoms. The third-order valence-corrected chi connectivity index (χ3v) is 1.98. The summed E-state index contributed by atoms with van der Waals surface area (Å²) in [5.41, 5.74) is 0. The third kappa shape index (κ3) is 1.75. The molecule has 72 valence electrons. The van der Waals surface area contributed by atoms with Crippen molar-refractivity contribution in [2.75, 3.05) is 20.8 Å². The number of aliphatic hydroxyl groups is 1. The lowest BCUT2D eigenvalue weighted by Gasteiger charge is -2.41. The average molecular weight is 177 g/mol. The number of rotatable bonds is 2. The molecule has 0 aromatic rings. The van der Waals surface area contributed by atoms with E-state index < -0.39 is 18.5 Å². The first-order valence-electron chi connectivity index (χ1n) is 3.71. The minimum Gasteiger partial charge on any atom is -0.829 e. The fourth-order valence-electron chi connectivity index (χ4n) is 1.25. The second-order valence-corrected chi connectivity index (χ2v) is 2.67. The van der Waals surface area contributed by atoms with E-state index in [0.717, 1.165) is 0 Å². The van der Waals surface area contributed by atoms with Gasteiger partial charge < -0.3 is 24.4 Å². The van der Waals surface area contributed by atoms with Crippen molar-refractivity contribution in [3.8, 4) is 0 Å². The molecule has 5 nitrogen and oxygen atoms in total. The second kappa shape index (κ2) is 4.15. The minimum absolute atomic E-state index is 0.167. The standard InChI is InChI=1S/C7H13O5/c1-10-4-3-12-7(9)5(8)6(4)11-2/h4-8H,3H2,1-2H3/q-1/t4-,5+,6-,7?/m0/s1. The van der Waals surface area contributed by atoms with Crippen LogP contribution >= 0.6 is 0 Å². The predicted molar refractivity (Wildman–Crippen MR) is 37.3 cm³/mol. The molecule has 12 heavy (non-hydrogen) atoms. The second-order valence-electron chi connectivity index (χ2n) is 2.67. The van der Waals surface area contributed by atoms with Crippen LogP contribution < -0.4 is 5.11 Å². The van der Waals surface area contributed by atoms with Crippen LogP contribution in [0.25, 0.3) is 0 Å². The fourth-order valence-corrected chi connectivity index (χ4v) is 1.25. The van der Waals surface area contributed by atoms with E-state index in [-0.39, 0.29) is 12.7 Å². The van der Waals surface area contributed by atoms with Crippen LogP contribution in [0.1, 0.15) is 0 Å². The number of methoxy groups -OCH3 is 2. The molecule has 0 saturated carbocycles. The number of ether oxygens (including phenoxy) is 3. The Balaban J connectivity index is 2.58. The first-order chi connectivity index (χ1) is 5.70. The predicted octanol–water partition coefficient (Wildman–Crippen LogP) is -1.91. The van der Waals surface area contributed by atoms with E-state index >= 15 is 0 Å². The van der Waals surface area contributed by atoms with Gasteiger partial charge in [-0.15, -0.1) is 0 Å². The number of hydrogen-bond donors (Lipinski definition) is 1. The lowest BCUT2D eigenvalue weighted by molar-refractivity contribution is -0.524. The summed E-state index contributed by atoms with van der Waals surface area (Å²) in [6.07, 6.45) is -3.54. The van der Waals surface area contributed by atoms with Crippen molar-refractivity contribution in [1.82, 2.24) is 0 Å². The van der Waals surface area contributed by atoms with E-state index in [1.165, 1.54) is 14.2 Å². The summed E-state index contributed by atoms with van der Waals surface area (Å²) in [4.78, 5) is 0. The van der Waals surface area contributed by atoms with Crippen molar-refractivity contribution in [3.05, 3.63) is 0 Å². The van der Waals surface area contributed by atoms with Gasteiger partial charge in [-0.1, -0.05) is 0 Å². The molecule has 1 unspecified atom stereocenters. The first-order valence-corrected chi connectivity index (χ1v) is 3.71. The normalized spacial score (nSPS) is 43.0. The van der Waals surface area contributed by atoms with Crippen LogP contribution in [-0.2, 0) is 14.2 Å². The molecule has 1 aliphatic heterocycles. The highest BCUT2D eigenvalue weighted by Gasteiger charge is 2.34. The Morgan fingerprint density at radius 2 is 2.08 bits per heavy atom. The van der Waals surface area contributed by atoms with E-state index in [4.69, 9.17) is 14.2 Å². The summed E-state index contributed by atoms with van der Waals surface area (Å²) >= 11 is 0. The summed E-state index contributed by atoms with van der Waals surface area (Å²) < 4.78 is 14.6. The van der Waals surface area contributed by atoms with Gasteiger partial charge in [-0.05, 0) is 0 Å². The largest absolute Gasteiger partial charge is 0.829 e. The van der Waals surface area contributed by atoms with Gasteiger partial charge in [0.2, 0.25) is 0 Å². The van der Waals surface area contributed by atoms with Gasteiger partial charge in [-0.25, -0.2) is 0 Å². The summed E-state index contributed by atoms with van der Waals surface area (Å²) in [6.45, 7) is 0.167. The Labute approximate surface area is 70.9 Å². The molecular weight excluding hydrogens is 164 g/mol. The molecule has 4 atom stereocenters. The lowest BCUT2D eigenvalue weighted by atomic mass is 10.1. The molecular formula is C7H13O5-. The molecule has 0 aromatic heterocycles. The number of hydrogen-bond acceptors (Lipinski definition) is 5. The quantitative estimate of drug-likeness (QED) is 0.533. The maximum Gasteiger partial charge on any atom is 0.112 e. The van der Waals surface area contributed by atoms with Crippen molar-refractivity contribution in [3.63, 3.8) is 0 Å². The number of aliphatic hydroxyl groups excluding tert-OH is 1. The molecule has 1 N–H and O–H groups in total. The van der Waals surface area contributed by atoms with E-state index in [1.807, 2.05) is 0 Å². The Morgan fingerprint density at radius 3 is 2.58 bits per heavy atom. The van der Waals surface area contributed by atoms with Gasteiger partial charge in [-0.3, -0.25) is 0 Å². The maximum absolute atomic E-state index is 10.9. The van der Waals surface area contributed by atoms with E-state index in [0.29, 0.717) is 0 Å². The van der Waals surface area contributed by atoms with Gasteiger partial charge in [0.25, 0.3) is 0 Å². The van der Waals surface area contributed by atoms with Crippen molar-refractivity contribution >= 4 is 0 Å². The van der Waals surface area contributed by atoms with E-state index in [9.17, 15) is 10.2 Å². The molecule has 0 radical (unpaired) electrons. The molecule has 1 aliphatic rings. The molecule has 1 heterocycles. The molecule has 0 bridgehead atoms. The van der Waals surface area contributed by atoms with E-state index in [2.05, 4.69) is 0 Å². The Hall–Kier alpha value is -0.200. The third-order valence-electron chi connectivity index (χ3n) is 1.98. The molecule has 1 rings (SSSR count). The minimum atomic E-state index is -1.43. The van der Waals surface area contributed by atoms with Crippen LogP contribution in [0.15, 0.2) is 0 Å². The Kier molecular flexibility index (Phi) is 3.42. The highest BCUT2D eigenvalue weighted by molar-refractivity contribution is 4.83. The topological polar surface area (TPSA) is 71.0 Å². The molecule has 0 amide bonds. The maximum atomic E-state index is 10.9. The molecule has 0 aromatic carbocycles. The summed E-state index contributed by atoms with van der Waals surface area (Å²) in [5.74, 6) is 0.